The van der Waals surface area contributed by atoms with Crippen molar-refractivity contribution in [3.05, 3.63) is 12.2 Å². The van der Waals surface area contributed by atoms with Gasteiger partial charge in [0, 0.05) is 5.41 Å². The molecule has 0 aromatic rings. The quantitative estimate of drug-likeness (QED) is 0.402. The highest BCUT2D eigenvalue weighted by Gasteiger charge is 2.61. The van der Waals surface area contributed by atoms with E-state index >= 15 is 0 Å². The minimum atomic E-state index is 0.667. The van der Waals surface area contributed by atoms with E-state index in [0.29, 0.717) is 5.41 Å². The average molecular weight is 94.2 g/mol. The van der Waals surface area contributed by atoms with Gasteiger partial charge in [0.15, 0.2) is 0 Å². The Hall–Kier alpha value is -0.260. The summed E-state index contributed by atoms with van der Waals surface area (Å²) in [5.74, 6) is 1.93. The summed E-state index contributed by atoms with van der Waals surface area (Å²) in [6.07, 6.45) is 4.67. The van der Waals surface area contributed by atoms with Crippen LogP contribution in [0.15, 0.2) is 12.2 Å². The van der Waals surface area contributed by atoms with Crippen LogP contribution >= 0.6 is 0 Å². The van der Waals surface area contributed by atoms with Crippen molar-refractivity contribution in [2.75, 3.05) is 0 Å². The molecule has 0 heteroatoms. The van der Waals surface area contributed by atoms with E-state index in [9.17, 15) is 0 Å². The number of hydrogen-bond acceptors (Lipinski definition) is 0. The Bertz CT molecular complexity index is 117. The highest BCUT2D eigenvalue weighted by atomic mass is 14.6. The molecule has 0 radical (unpaired) electrons. The van der Waals surface area contributed by atoms with Crippen molar-refractivity contribution in [2.24, 2.45) is 17.3 Å². The number of rotatable bonds is 0. The molecule has 0 amide bonds. The van der Waals surface area contributed by atoms with Crippen LogP contribution in [-0.2, 0) is 0 Å². The van der Waals surface area contributed by atoms with Crippen molar-refractivity contribution >= 4 is 0 Å². The lowest BCUT2D eigenvalue weighted by Crippen LogP contribution is -1.70. The molecule has 7 heavy (non-hydrogen) atoms. The third-order valence-corrected chi connectivity index (χ3v) is 2.77. The Labute approximate surface area is 44.2 Å². The van der Waals surface area contributed by atoms with Crippen LogP contribution in [-0.4, -0.2) is 0 Å². The van der Waals surface area contributed by atoms with E-state index in [4.69, 9.17) is 0 Å². The van der Waals surface area contributed by atoms with Gasteiger partial charge >= 0.3 is 0 Å². The van der Waals surface area contributed by atoms with Gasteiger partial charge in [-0.2, -0.15) is 0 Å². The molecule has 1 saturated carbocycles. The highest BCUT2D eigenvalue weighted by Crippen LogP contribution is 2.67. The topological polar surface area (TPSA) is 0 Å². The van der Waals surface area contributed by atoms with Crippen LogP contribution in [0.2, 0.25) is 0 Å². The minimum Gasteiger partial charge on any atom is -0.0771 e. The summed E-state index contributed by atoms with van der Waals surface area (Å²) in [5, 5.41) is 0. The van der Waals surface area contributed by atoms with E-state index < -0.39 is 0 Å². The van der Waals surface area contributed by atoms with Crippen molar-refractivity contribution in [1.29, 1.82) is 0 Å². The van der Waals surface area contributed by atoms with E-state index in [1.165, 1.54) is 0 Å². The average Bonchev–Trinajstić information content (AvgIpc) is 2.47. The molecule has 0 N–H and O–H groups in total. The van der Waals surface area contributed by atoms with Gasteiger partial charge < -0.3 is 0 Å². The number of allylic oxidation sites excluding steroid dienone is 2. The lowest BCUT2D eigenvalue weighted by Gasteiger charge is -1.76. The second-order valence-corrected chi connectivity index (χ2v) is 2.91. The Morgan fingerprint density at radius 1 is 1.14 bits per heavy atom. The normalized spacial score (nSPS) is 50.0. The Morgan fingerprint density at radius 2 is 1.57 bits per heavy atom. The second-order valence-electron chi connectivity index (χ2n) is 2.91. The van der Waals surface area contributed by atoms with Gasteiger partial charge in [-0.1, -0.05) is 26.0 Å². The minimum absolute atomic E-state index is 0.667. The summed E-state index contributed by atoms with van der Waals surface area (Å²) < 4.78 is 0. The maximum atomic E-state index is 2.34. The van der Waals surface area contributed by atoms with Gasteiger partial charge in [-0.3, -0.25) is 0 Å². The molecule has 2 atom stereocenters. The molecule has 0 nitrogen and oxygen atoms in total. The van der Waals surface area contributed by atoms with Crippen LogP contribution in [0.25, 0.3) is 0 Å². The zero-order valence-electron chi connectivity index (χ0n) is 4.81. The molecule has 0 aromatic carbocycles. The molecule has 1 fully saturated rings. The first kappa shape index (κ1) is 3.71. The lowest BCUT2D eigenvalue weighted by molar-refractivity contribution is 0.834. The van der Waals surface area contributed by atoms with Crippen molar-refractivity contribution in [3.63, 3.8) is 0 Å². The van der Waals surface area contributed by atoms with Crippen LogP contribution < -0.4 is 0 Å². The molecule has 0 aromatic heterocycles. The molecule has 0 heterocycles. The van der Waals surface area contributed by atoms with Crippen LogP contribution in [0.4, 0.5) is 0 Å². The van der Waals surface area contributed by atoms with Gasteiger partial charge in [0.05, 0.1) is 0 Å². The Balaban J connectivity index is 2.19. The molecule has 2 unspecified atom stereocenters. The zero-order chi connectivity index (χ0) is 5.07. The molecular formula is C7H10. The lowest BCUT2D eigenvalue weighted by atomic mass is 10.3. The summed E-state index contributed by atoms with van der Waals surface area (Å²) in [5.41, 5.74) is 0.667. The molecular weight excluding hydrogens is 84.1 g/mol. The van der Waals surface area contributed by atoms with Crippen LogP contribution in [0.5, 0.6) is 0 Å². The van der Waals surface area contributed by atoms with E-state index in [1.807, 2.05) is 0 Å². The third-order valence-electron chi connectivity index (χ3n) is 2.77. The van der Waals surface area contributed by atoms with Crippen molar-refractivity contribution < 1.29 is 0 Å². The first-order chi connectivity index (χ1) is 3.27. The zero-order valence-corrected chi connectivity index (χ0v) is 4.81. The van der Waals surface area contributed by atoms with Crippen LogP contribution in [0.3, 0.4) is 0 Å². The fourth-order valence-corrected chi connectivity index (χ4v) is 1.54. The summed E-state index contributed by atoms with van der Waals surface area (Å²) in [7, 11) is 0. The van der Waals surface area contributed by atoms with E-state index in [2.05, 4.69) is 26.0 Å². The Morgan fingerprint density at radius 3 is 1.57 bits per heavy atom. The number of hydrogen-bond donors (Lipinski definition) is 0. The summed E-state index contributed by atoms with van der Waals surface area (Å²) in [6, 6.07) is 0. The summed E-state index contributed by atoms with van der Waals surface area (Å²) in [4.78, 5) is 0. The van der Waals surface area contributed by atoms with Crippen LogP contribution in [0, 0.1) is 17.3 Å². The van der Waals surface area contributed by atoms with E-state index in [0.717, 1.165) is 11.8 Å². The van der Waals surface area contributed by atoms with Gasteiger partial charge in [-0.05, 0) is 11.8 Å². The predicted molar refractivity (Wildman–Crippen MR) is 29.9 cm³/mol. The van der Waals surface area contributed by atoms with E-state index in [-0.39, 0.29) is 0 Å². The van der Waals surface area contributed by atoms with Crippen molar-refractivity contribution in [3.8, 4) is 0 Å². The maximum Gasteiger partial charge on any atom is 0.0119 e. The van der Waals surface area contributed by atoms with Gasteiger partial charge in [0.1, 0.15) is 0 Å². The standard InChI is InChI=1S/C7H10/c1-5-6(2)7(5)3-4-7/h3-6H,1-2H3. The van der Waals surface area contributed by atoms with Gasteiger partial charge in [0.2, 0.25) is 0 Å². The second kappa shape index (κ2) is 0.683. The van der Waals surface area contributed by atoms with Crippen LogP contribution in [0.1, 0.15) is 13.8 Å². The van der Waals surface area contributed by atoms with Crippen molar-refractivity contribution in [1.82, 2.24) is 0 Å². The summed E-state index contributed by atoms with van der Waals surface area (Å²) >= 11 is 0. The molecule has 1 spiro atoms. The molecule has 2 aliphatic rings. The largest absolute Gasteiger partial charge is 0.0771 e. The first-order valence-electron chi connectivity index (χ1n) is 2.98. The summed E-state index contributed by atoms with van der Waals surface area (Å²) in [6.45, 7) is 4.65. The highest BCUT2D eigenvalue weighted by molar-refractivity contribution is 5.39. The Kier molecular flexibility index (Phi) is 0.362. The van der Waals surface area contributed by atoms with E-state index in [1.54, 1.807) is 0 Å². The molecule has 2 aliphatic carbocycles. The predicted octanol–water partition coefficient (Wildman–Crippen LogP) is 1.83. The van der Waals surface area contributed by atoms with Gasteiger partial charge in [0.25, 0.3) is 0 Å². The fourth-order valence-electron chi connectivity index (χ4n) is 1.54. The van der Waals surface area contributed by atoms with Crippen molar-refractivity contribution in [2.45, 2.75) is 13.8 Å². The monoisotopic (exact) mass is 94.1 g/mol. The first-order valence-corrected chi connectivity index (χ1v) is 2.98. The maximum absolute atomic E-state index is 2.34. The third kappa shape index (κ3) is 0.229. The molecule has 0 bridgehead atoms. The molecule has 38 valence electrons. The fraction of sp³-hybridized carbons (Fsp3) is 0.714. The SMILES string of the molecule is CC1C(C)C12C=C2. The van der Waals surface area contributed by atoms with Gasteiger partial charge in [-0.25, -0.2) is 0 Å². The molecule has 0 aliphatic heterocycles. The van der Waals surface area contributed by atoms with Gasteiger partial charge in [-0.15, -0.1) is 0 Å². The molecule has 2 rings (SSSR count). The molecule has 0 saturated heterocycles. The smallest absolute Gasteiger partial charge is 0.0119 e.